The van der Waals surface area contributed by atoms with E-state index in [0.717, 1.165) is 16.8 Å². The molecule has 0 spiro atoms. The fourth-order valence-electron chi connectivity index (χ4n) is 2.79. The van der Waals surface area contributed by atoms with Gasteiger partial charge >= 0.3 is 0 Å². The predicted octanol–water partition coefficient (Wildman–Crippen LogP) is 3.93. The maximum atomic E-state index is 12.4. The van der Waals surface area contributed by atoms with E-state index in [0.29, 0.717) is 16.7 Å². The number of para-hydroxylation sites is 1. The number of benzene rings is 2. The van der Waals surface area contributed by atoms with Gasteiger partial charge in [0.1, 0.15) is 0 Å². The van der Waals surface area contributed by atoms with Crippen LogP contribution in [-0.4, -0.2) is 14.5 Å². The van der Waals surface area contributed by atoms with Gasteiger partial charge in [0.05, 0.1) is 18.3 Å². The molecule has 114 valence electrons. The second kappa shape index (κ2) is 5.52. The van der Waals surface area contributed by atoms with Gasteiger partial charge in [-0.15, -0.1) is 0 Å². The number of hydrogen-bond acceptors (Lipinski definition) is 2. The Morgan fingerprint density at radius 3 is 2.50 bits per heavy atom. The van der Waals surface area contributed by atoms with Crippen molar-refractivity contribution in [2.45, 2.75) is 0 Å². The normalized spacial score (nSPS) is 10.6. The highest BCUT2D eigenvalue weighted by molar-refractivity contribution is 5.94. The minimum absolute atomic E-state index is 0.182. The zero-order chi connectivity index (χ0) is 16.5. The van der Waals surface area contributed by atoms with Gasteiger partial charge in [0.2, 0.25) is 0 Å². The van der Waals surface area contributed by atoms with Gasteiger partial charge in [-0.3, -0.25) is 4.79 Å². The third kappa shape index (κ3) is 2.18. The van der Waals surface area contributed by atoms with E-state index in [2.05, 4.69) is 14.8 Å². The summed E-state index contributed by atoms with van der Waals surface area (Å²) in [7, 11) is 0. The fraction of sp³-hybridized carbons (Fsp3) is 0. The van der Waals surface area contributed by atoms with Crippen LogP contribution < -0.4 is 5.56 Å². The number of nitrogens with zero attached hydrogens (tertiary/aromatic N) is 3. The molecule has 0 saturated heterocycles. The van der Waals surface area contributed by atoms with Gasteiger partial charge in [0.15, 0.2) is 11.3 Å². The Labute approximate surface area is 137 Å². The highest BCUT2D eigenvalue weighted by Gasteiger charge is 2.15. The first-order valence-electron chi connectivity index (χ1n) is 7.40. The monoisotopic (exact) mass is 312 g/mol. The van der Waals surface area contributed by atoms with Gasteiger partial charge in [-0.2, -0.15) is 0 Å². The SMILES string of the molecule is [C-]#[N+]c1ccc(-c2cn(-c3ccccc3)c3nc[nH]c(=O)c23)cc1. The van der Waals surface area contributed by atoms with E-state index < -0.39 is 0 Å². The Balaban J connectivity index is 2.02. The molecule has 0 aliphatic carbocycles. The average molecular weight is 312 g/mol. The Hall–Kier alpha value is -3.65. The molecule has 5 heteroatoms. The van der Waals surface area contributed by atoms with E-state index >= 15 is 0 Å². The van der Waals surface area contributed by atoms with Crippen LogP contribution in [0.3, 0.4) is 0 Å². The first-order chi connectivity index (χ1) is 11.8. The van der Waals surface area contributed by atoms with Crippen LogP contribution in [0, 0.1) is 6.57 Å². The summed E-state index contributed by atoms with van der Waals surface area (Å²) < 4.78 is 1.91. The number of fused-ring (bicyclic) bond motifs is 1. The quantitative estimate of drug-likeness (QED) is 0.570. The van der Waals surface area contributed by atoms with Crippen molar-refractivity contribution >= 4 is 16.7 Å². The largest absolute Gasteiger partial charge is 0.312 e. The molecular formula is C19H12N4O. The van der Waals surface area contributed by atoms with Crippen molar-refractivity contribution in [3.05, 3.63) is 88.9 Å². The molecule has 2 heterocycles. The molecule has 2 aromatic carbocycles. The van der Waals surface area contributed by atoms with Crippen LogP contribution >= 0.6 is 0 Å². The third-order valence-corrected chi connectivity index (χ3v) is 3.93. The summed E-state index contributed by atoms with van der Waals surface area (Å²) in [4.78, 5) is 22.8. The lowest BCUT2D eigenvalue weighted by molar-refractivity contribution is 1.07. The van der Waals surface area contributed by atoms with Crippen LogP contribution in [0.1, 0.15) is 0 Å². The maximum absolute atomic E-state index is 12.4. The minimum atomic E-state index is -0.182. The molecule has 0 atom stereocenters. The molecule has 0 aliphatic rings. The number of rotatable bonds is 2. The van der Waals surface area contributed by atoms with Gasteiger partial charge in [-0.1, -0.05) is 42.5 Å². The van der Waals surface area contributed by atoms with Crippen molar-refractivity contribution in [1.82, 2.24) is 14.5 Å². The summed E-state index contributed by atoms with van der Waals surface area (Å²) in [5.74, 6) is 0. The molecule has 2 aromatic heterocycles. The summed E-state index contributed by atoms with van der Waals surface area (Å²) in [6.07, 6.45) is 3.32. The van der Waals surface area contributed by atoms with Crippen molar-refractivity contribution in [3.8, 4) is 16.8 Å². The zero-order valence-electron chi connectivity index (χ0n) is 12.6. The third-order valence-electron chi connectivity index (χ3n) is 3.93. The molecular weight excluding hydrogens is 300 g/mol. The molecule has 0 bridgehead atoms. The van der Waals surface area contributed by atoms with Crippen LogP contribution in [0.4, 0.5) is 5.69 Å². The van der Waals surface area contributed by atoms with Gasteiger partial charge in [0.25, 0.3) is 5.56 Å². The van der Waals surface area contributed by atoms with Gasteiger partial charge in [0, 0.05) is 17.4 Å². The van der Waals surface area contributed by atoms with Crippen molar-refractivity contribution < 1.29 is 0 Å². The zero-order valence-corrected chi connectivity index (χ0v) is 12.6. The fourth-order valence-corrected chi connectivity index (χ4v) is 2.79. The number of aromatic amines is 1. The van der Waals surface area contributed by atoms with Crippen molar-refractivity contribution in [2.24, 2.45) is 0 Å². The molecule has 0 unspecified atom stereocenters. The average Bonchev–Trinajstić information content (AvgIpc) is 3.04. The molecule has 0 amide bonds. The van der Waals surface area contributed by atoms with E-state index in [-0.39, 0.29) is 5.56 Å². The lowest BCUT2D eigenvalue weighted by atomic mass is 10.1. The highest BCUT2D eigenvalue weighted by atomic mass is 16.1. The van der Waals surface area contributed by atoms with Crippen LogP contribution in [0.25, 0.3) is 32.7 Å². The first kappa shape index (κ1) is 14.0. The Kier molecular flexibility index (Phi) is 3.22. The predicted molar refractivity (Wildman–Crippen MR) is 93.4 cm³/mol. The van der Waals surface area contributed by atoms with Crippen molar-refractivity contribution in [3.63, 3.8) is 0 Å². The second-order valence-electron chi connectivity index (χ2n) is 5.34. The standard InChI is InChI=1S/C19H12N4O/c1-20-14-9-7-13(8-10-14)16-11-23(15-5-3-2-4-6-15)18-17(16)19(24)22-12-21-18/h2-12H,(H,21,22,24). The van der Waals surface area contributed by atoms with Crippen LogP contribution in [-0.2, 0) is 0 Å². The lowest BCUT2D eigenvalue weighted by Gasteiger charge is -2.03. The van der Waals surface area contributed by atoms with Crippen LogP contribution in [0.2, 0.25) is 0 Å². The summed E-state index contributed by atoms with van der Waals surface area (Å²) >= 11 is 0. The Morgan fingerprint density at radius 1 is 1.04 bits per heavy atom. The van der Waals surface area contributed by atoms with Crippen LogP contribution in [0.15, 0.2) is 71.9 Å². The topological polar surface area (TPSA) is 55.0 Å². The van der Waals surface area contributed by atoms with Crippen molar-refractivity contribution in [2.75, 3.05) is 0 Å². The molecule has 24 heavy (non-hydrogen) atoms. The molecule has 4 aromatic rings. The molecule has 4 rings (SSSR count). The molecule has 0 saturated carbocycles. The van der Waals surface area contributed by atoms with Gasteiger partial charge < -0.3 is 9.55 Å². The molecule has 0 radical (unpaired) electrons. The van der Waals surface area contributed by atoms with E-state index in [9.17, 15) is 4.79 Å². The molecule has 1 N–H and O–H groups in total. The summed E-state index contributed by atoms with van der Waals surface area (Å²) in [6, 6.07) is 17.0. The summed E-state index contributed by atoms with van der Waals surface area (Å²) in [5.41, 5.74) is 3.59. The van der Waals surface area contributed by atoms with Gasteiger partial charge in [-0.05, 0) is 17.7 Å². The Bertz CT molecular complexity index is 1120. The molecule has 0 fully saturated rings. The van der Waals surface area contributed by atoms with Crippen LogP contribution in [0.5, 0.6) is 0 Å². The molecule has 5 nitrogen and oxygen atoms in total. The van der Waals surface area contributed by atoms with E-state index in [1.165, 1.54) is 6.33 Å². The van der Waals surface area contributed by atoms with E-state index in [1.807, 2.05) is 53.2 Å². The minimum Gasteiger partial charge on any atom is -0.312 e. The second-order valence-corrected chi connectivity index (χ2v) is 5.34. The van der Waals surface area contributed by atoms with E-state index in [4.69, 9.17) is 6.57 Å². The summed E-state index contributed by atoms with van der Waals surface area (Å²) in [6.45, 7) is 7.06. The number of aromatic nitrogens is 3. The lowest BCUT2D eigenvalue weighted by Crippen LogP contribution is -2.07. The smallest absolute Gasteiger partial charge is 0.260 e. The highest BCUT2D eigenvalue weighted by Crippen LogP contribution is 2.30. The number of H-pyrrole nitrogens is 1. The van der Waals surface area contributed by atoms with Gasteiger partial charge in [-0.25, -0.2) is 9.83 Å². The van der Waals surface area contributed by atoms with E-state index in [1.54, 1.807) is 12.1 Å². The number of hydrogen-bond donors (Lipinski definition) is 1. The summed E-state index contributed by atoms with van der Waals surface area (Å²) in [5, 5.41) is 0.539. The number of nitrogens with one attached hydrogen (secondary N) is 1. The first-order valence-corrected chi connectivity index (χ1v) is 7.40. The van der Waals surface area contributed by atoms with Crippen molar-refractivity contribution in [1.29, 1.82) is 0 Å². The Morgan fingerprint density at radius 2 is 1.79 bits per heavy atom. The molecule has 0 aliphatic heterocycles. The maximum Gasteiger partial charge on any atom is 0.260 e.